The average Bonchev–Trinajstić information content (AvgIpc) is 2.47. The molecule has 99 valence electrons. The number of hydrogen-bond acceptors (Lipinski definition) is 2. The molecule has 0 spiro atoms. The number of benzene rings is 3. The molecule has 1 radical (unpaired) electrons. The van der Waals surface area contributed by atoms with Crippen LogP contribution in [0.2, 0.25) is 0 Å². The monoisotopic (exact) mass is 286 g/mol. The van der Waals surface area contributed by atoms with Crippen LogP contribution in [0.1, 0.15) is 10.4 Å². The summed E-state index contributed by atoms with van der Waals surface area (Å²) in [6.45, 7) is 0. The zero-order chi connectivity index (χ0) is 13.9. The van der Waals surface area contributed by atoms with Gasteiger partial charge < -0.3 is 10.4 Å². The number of anilines is 1. The van der Waals surface area contributed by atoms with Crippen molar-refractivity contribution in [3.8, 4) is 5.75 Å². The van der Waals surface area contributed by atoms with Crippen LogP contribution in [0, 0.1) is 0 Å². The second-order valence-corrected chi connectivity index (χ2v) is 4.54. The number of phenolic OH excluding ortho intramolecular Hbond substituents is 1. The van der Waals surface area contributed by atoms with E-state index in [1.165, 1.54) is 0 Å². The summed E-state index contributed by atoms with van der Waals surface area (Å²) in [4.78, 5) is 12.2. The molecule has 0 unspecified atom stereocenters. The van der Waals surface area contributed by atoms with Crippen molar-refractivity contribution in [1.29, 1.82) is 0 Å². The summed E-state index contributed by atoms with van der Waals surface area (Å²) in [5.41, 5.74) is 0.970. The molecule has 4 heteroatoms. The van der Waals surface area contributed by atoms with Crippen LogP contribution in [0.15, 0.2) is 66.7 Å². The van der Waals surface area contributed by atoms with Crippen LogP contribution in [-0.2, 0) is 0 Å². The Morgan fingerprint density at radius 1 is 0.857 bits per heavy atom. The summed E-state index contributed by atoms with van der Waals surface area (Å²) < 4.78 is 0. The molecule has 0 aliphatic heterocycles. The number of nitrogens with one attached hydrogen (secondary N) is 1. The minimum Gasteiger partial charge on any atom is -0.507 e. The van der Waals surface area contributed by atoms with Crippen molar-refractivity contribution in [2.75, 3.05) is 5.32 Å². The Labute approximate surface area is 144 Å². The third-order valence-electron chi connectivity index (χ3n) is 3.14. The van der Waals surface area contributed by atoms with E-state index in [9.17, 15) is 9.90 Å². The number of rotatable bonds is 2. The van der Waals surface area contributed by atoms with Gasteiger partial charge in [0.15, 0.2) is 0 Å². The van der Waals surface area contributed by atoms with E-state index in [2.05, 4.69) is 5.32 Å². The first-order chi connectivity index (χ1) is 9.74. The van der Waals surface area contributed by atoms with Gasteiger partial charge in [0.1, 0.15) is 5.75 Å². The molecule has 0 heterocycles. The first-order valence-corrected chi connectivity index (χ1v) is 6.32. The minimum atomic E-state index is -0.320. The Bertz CT molecular complexity index is 772. The van der Waals surface area contributed by atoms with Crippen molar-refractivity contribution >= 4 is 51.9 Å². The zero-order valence-corrected chi connectivity index (χ0v) is 13.7. The molecule has 3 aromatic rings. The molecule has 0 aliphatic rings. The number of carbonyl (C=O) groups is 1. The molecular weight excluding hydrogens is 273 g/mol. The van der Waals surface area contributed by atoms with Crippen molar-refractivity contribution in [3.05, 3.63) is 72.3 Å². The van der Waals surface area contributed by atoms with E-state index in [1.807, 2.05) is 42.5 Å². The minimum absolute atomic E-state index is 0. The standard InChI is InChI=1S/C17H13NO2.Na/c19-16-11-13-7-5-4-6-12(13)10-15(16)17(20)18-14-8-2-1-3-9-14;/h1-11,19H,(H,18,20);. The van der Waals surface area contributed by atoms with Crippen molar-refractivity contribution in [3.63, 3.8) is 0 Å². The fraction of sp³-hybridized carbons (Fsp3) is 0. The largest absolute Gasteiger partial charge is 0.507 e. The molecule has 0 aliphatic carbocycles. The van der Waals surface area contributed by atoms with Crippen molar-refractivity contribution in [2.45, 2.75) is 0 Å². The molecule has 0 aromatic heterocycles. The summed E-state index contributed by atoms with van der Waals surface area (Å²) in [5, 5.41) is 14.6. The van der Waals surface area contributed by atoms with Gasteiger partial charge in [-0.1, -0.05) is 42.5 Å². The Hall–Kier alpha value is -1.81. The first-order valence-electron chi connectivity index (χ1n) is 6.32. The molecule has 0 saturated heterocycles. The maximum absolute atomic E-state index is 12.2. The van der Waals surface area contributed by atoms with Crippen molar-refractivity contribution < 1.29 is 9.90 Å². The summed E-state index contributed by atoms with van der Waals surface area (Å²) in [5.74, 6) is -0.336. The topological polar surface area (TPSA) is 49.3 Å². The van der Waals surface area contributed by atoms with Gasteiger partial charge in [-0.05, 0) is 35.0 Å². The van der Waals surface area contributed by atoms with Gasteiger partial charge in [-0.25, -0.2) is 0 Å². The molecule has 0 saturated carbocycles. The normalized spacial score (nSPS) is 9.90. The van der Waals surface area contributed by atoms with Gasteiger partial charge in [-0.2, -0.15) is 0 Å². The van der Waals surface area contributed by atoms with Crippen LogP contribution in [0.5, 0.6) is 5.75 Å². The molecular formula is C17H13NNaO2. The van der Waals surface area contributed by atoms with E-state index in [4.69, 9.17) is 0 Å². The number of carbonyl (C=O) groups excluding carboxylic acids is 1. The van der Waals surface area contributed by atoms with Gasteiger partial charge in [0, 0.05) is 35.2 Å². The van der Waals surface area contributed by atoms with Gasteiger partial charge in [-0.3, -0.25) is 4.79 Å². The predicted molar refractivity (Wildman–Crippen MR) is 85.8 cm³/mol. The summed E-state index contributed by atoms with van der Waals surface area (Å²) in [6.07, 6.45) is 0. The van der Waals surface area contributed by atoms with Crippen LogP contribution in [0.4, 0.5) is 5.69 Å². The second kappa shape index (κ2) is 6.76. The van der Waals surface area contributed by atoms with Crippen LogP contribution in [0.3, 0.4) is 0 Å². The number of amides is 1. The maximum atomic E-state index is 12.2. The van der Waals surface area contributed by atoms with Gasteiger partial charge in [0.2, 0.25) is 0 Å². The molecule has 3 nitrogen and oxygen atoms in total. The molecule has 0 atom stereocenters. The van der Waals surface area contributed by atoms with E-state index in [0.29, 0.717) is 5.69 Å². The fourth-order valence-corrected chi connectivity index (χ4v) is 2.13. The van der Waals surface area contributed by atoms with Crippen LogP contribution < -0.4 is 5.32 Å². The first kappa shape index (κ1) is 15.6. The van der Waals surface area contributed by atoms with Gasteiger partial charge in [-0.15, -0.1) is 0 Å². The zero-order valence-electron chi connectivity index (χ0n) is 11.7. The molecule has 3 rings (SSSR count). The number of phenols is 1. The number of fused-ring (bicyclic) bond motifs is 1. The average molecular weight is 286 g/mol. The van der Waals surface area contributed by atoms with E-state index in [1.54, 1.807) is 24.3 Å². The molecule has 3 aromatic carbocycles. The van der Waals surface area contributed by atoms with Crippen LogP contribution >= 0.6 is 0 Å². The van der Waals surface area contributed by atoms with Crippen molar-refractivity contribution in [2.24, 2.45) is 0 Å². The van der Waals surface area contributed by atoms with E-state index in [0.717, 1.165) is 10.8 Å². The Balaban J connectivity index is 0.00000161. The van der Waals surface area contributed by atoms with E-state index >= 15 is 0 Å². The van der Waals surface area contributed by atoms with Gasteiger partial charge >= 0.3 is 0 Å². The number of hydrogen-bond donors (Lipinski definition) is 2. The molecule has 1 amide bonds. The third kappa shape index (κ3) is 3.45. The number of aromatic hydroxyl groups is 1. The van der Waals surface area contributed by atoms with Crippen LogP contribution in [-0.4, -0.2) is 40.6 Å². The third-order valence-corrected chi connectivity index (χ3v) is 3.14. The number of para-hydroxylation sites is 1. The molecule has 2 N–H and O–H groups in total. The Morgan fingerprint density at radius 3 is 2.10 bits per heavy atom. The molecule has 0 bridgehead atoms. The second-order valence-electron chi connectivity index (χ2n) is 4.54. The maximum Gasteiger partial charge on any atom is 0.259 e. The predicted octanol–water partition coefficient (Wildman–Crippen LogP) is 3.42. The Morgan fingerprint density at radius 2 is 1.43 bits per heavy atom. The molecule has 21 heavy (non-hydrogen) atoms. The fourth-order valence-electron chi connectivity index (χ4n) is 2.13. The Kier molecular flexibility index (Phi) is 5.02. The molecule has 0 fully saturated rings. The van der Waals surface area contributed by atoms with Crippen LogP contribution in [0.25, 0.3) is 10.8 Å². The van der Waals surface area contributed by atoms with E-state index in [-0.39, 0.29) is 46.8 Å². The van der Waals surface area contributed by atoms with E-state index < -0.39 is 0 Å². The summed E-state index contributed by atoms with van der Waals surface area (Å²) >= 11 is 0. The van der Waals surface area contributed by atoms with Crippen molar-refractivity contribution in [1.82, 2.24) is 0 Å². The quantitative estimate of drug-likeness (QED) is 0.709. The summed E-state index contributed by atoms with van der Waals surface area (Å²) in [6, 6.07) is 20.1. The van der Waals surface area contributed by atoms with Gasteiger partial charge in [0.05, 0.1) is 5.56 Å². The summed E-state index contributed by atoms with van der Waals surface area (Å²) in [7, 11) is 0. The SMILES string of the molecule is O=C(Nc1ccccc1)c1cc2ccccc2cc1O.[Na]. The smallest absolute Gasteiger partial charge is 0.259 e. The van der Waals surface area contributed by atoms with Gasteiger partial charge in [0.25, 0.3) is 5.91 Å².